The van der Waals surface area contributed by atoms with Crippen LogP contribution in [0.1, 0.15) is 25.2 Å². The number of hydrogen-bond acceptors (Lipinski definition) is 5. The van der Waals surface area contributed by atoms with Crippen LogP contribution in [0.3, 0.4) is 0 Å². The number of nitrogens with one attached hydrogen (secondary N) is 1. The monoisotopic (exact) mass is 239 g/mol. The number of aliphatic carboxylic acids is 1. The first kappa shape index (κ1) is 13.5. The summed E-state index contributed by atoms with van der Waals surface area (Å²) in [4.78, 5) is 19.0. The van der Waals surface area contributed by atoms with Crippen molar-refractivity contribution in [3.05, 3.63) is 23.8 Å². The summed E-state index contributed by atoms with van der Waals surface area (Å²) in [6, 6.07) is -0.985. The van der Waals surface area contributed by atoms with E-state index >= 15 is 0 Å². The minimum atomic E-state index is -1.08. The van der Waals surface area contributed by atoms with E-state index in [4.69, 9.17) is 5.11 Å². The van der Waals surface area contributed by atoms with E-state index in [9.17, 15) is 9.90 Å². The summed E-state index contributed by atoms with van der Waals surface area (Å²) >= 11 is 0. The number of nitrogens with zero attached hydrogens (tertiary/aromatic N) is 2. The van der Waals surface area contributed by atoms with Gasteiger partial charge in [0.1, 0.15) is 11.9 Å². The van der Waals surface area contributed by atoms with Gasteiger partial charge in [-0.25, -0.2) is 9.97 Å². The average Bonchev–Trinajstić information content (AvgIpc) is 2.29. The summed E-state index contributed by atoms with van der Waals surface area (Å²) in [7, 11) is 0. The molecule has 6 heteroatoms. The lowest BCUT2D eigenvalue weighted by atomic mass is 10.2. The maximum atomic E-state index is 10.8. The molecule has 17 heavy (non-hydrogen) atoms. The molecule has 0 saturated heterocycles. The highest BCUT2D eigenvalue weighted by atomic mass is 16.4. The van der Waals surface area contributed by atoms with Crippen molar-refractivity contribution < 1.29 is 15.0 Å². The highest BCUT2D eigenvalue weighted by Gasteiger charge is 2.21. The Balaban J connectivity index is 2.56. The van der Waals surface area contributed by atoms with E-state index in [2.05, 4.69) is 15.3 Å². The molecule has 1 heterocycles. The average molecular weight is 239 g/mol. The van der Waals surface area contributed by atoms with Crippen LogP contribution in [-0.2, 0) is 17.8 Å². The van der Waals surface area contributed by atoms with Gasteiger partial charge in [-0.3, -0.25) is 10.1 Å². The standard InChI is InChI=1S/C11H17N3O3/c1-3-9-12-4-8(5-13-9)6-14-10(7(2)15)11(16)17/h4-5,7,10,14-15H,3,6H2,1-2H3,(H,16,17). The molecule has 6 nitrogen and oxygen atoms in total. The number of aliphatic hydroxyl groups excluding tert-OH is 1. The quantitative estimate of drug-likeness (QED) is 0.645. The second-order valence-corrected chi connectivity index (χ2v) is 3.80. The molecule has 1 aromatic rings. The molecule has 0 amide bonds. The lowest BCUT2D eigenvalue weighted by Gasteiger charge is -2.16. The van der Waals surface area contributed by atoms with Crippen LogP contribution in [0.2, 0.25) is 0 Å². The van der Waals surface area contributed by atoms with E-state index in [1.807, 2.05) is 6.92 Å². The molecule has 0 radical (unpaired) electrons. The Morgan fingerprint density at radius 3 is 2.47 bits per heavy atom. The van der Waals surface area contributed by atoms with E-state index in [-0.39, 0.29) is 0 Å². The summed E-state index contributed by atoms with van der Waals surface area (Å²) in [6.07, 6.45) is 3.11. The van der Waals surface area contributed by atoms with E-state index in [0.29, 0.717) is 6.54 Å². The maximum Gasteiger partial charge on any atom is 0.323 e. The zero-order valence-corrected chi connectivity index (χ0v) is 9.92. The van der Waals surface area contributed by atoms with Crippen molar-refractivity contribution in [2.75, 3.05) is 0 Å². The first-order valence-corrected chi connectivity index (χ1v) is 5.48. The summed E-state index contributed by atoms with van der Waals surface area (Å²) < 4.78 is 0. The van der Waals surface area contributed by atoms with Crippen LogP contribution < -0.4 is 5.32 Å². The van der Waals surface area contributed by atoms with Gasteiger partial charge in [-0.1, -0.05) is 6.92 Å². The highest BCUT2D eigenvalue weighted by molar-refractivity contribution is 5.74. The van der Waals surface area contributed by atoms with Crippen LogP contribution in [0.4, 0.5) is 0 Å². The lowest BCUT2D eigenvalue weighted by Crippen LogP contribution is -2.44. The normalized spacial score (nSPS) is 14.3. The molecular formula is C11H17N3O3. The number of carboxylic acid groups (broad SMARTS) is 1. The van der Waals surface area contributed by atoms with Gasteiger partial charge >= 0.3 is 5.97 Å². The predicted molar refractivity (Wildman–Crippen MR) is 61.4 cm³/mol. The minimum absolute atomic E-state index is 0.311. The Hall–Kier alpha value is -1.53. The van der Waals surface area contributed by atoms with Crippen LogP contribution in [0.5, 0.6) is 0 Å². The van der Waals surface area contributed by atoms with Gasteiger partial charge in [0.05, 0.1) is 6.10 Å². The van der Waals surface area contributed by atoms with Crippen LogP contribution in [0, 0.1) is 0 Å². The van der Waals surface area contributed by atoms with Gasteiger partial charge in [0, 0.05) is 30.9 Å². The molecule has 0 aliphatic rings. The Kier molecular flexibility index (Phi) is 4.99. The Morgan fingerprint density at radius 2 is 2.06 bits per heavy atom. The third-order valence-corrected chi connectivity index (χ3v) is 2.35. The van der Waals surface area contributed by atoms with Gasteiger partial charge < -0.3 is 10.2 Å². The summed E-state index contributed by atoms with van der Waals surface area (Å²) in [5.74, 6) is -0.329. The molecule has 0 bridgehead atoms. The van der Waals surface area contributed by atoms with Gasteiger partial charge in [-0.2, -0.15) is 0 Å². The molecule has 2 atom stereocenters. The number of rotatable bonds is 6. The molecular weight excluding hydrogens is 222 g/mol. The van der Waals surface area contributed by atoms with Crippen molar-refractivity contribution in [1.29, 1.82) is 0 Å². The number of carboxylic acids is 1. The zero-order chi connectivity index (χ0) is 12.8. The van der Waals surface area contributed by atoms with Gasteiger partial charge in [0.2, 0.25) is 0 Å². The largest absolute Gasteiger partial charge is 0.480 e. The molecule has 0 spiro atoms. The lowest BCUT2D eigenvalue weighted by molar-refractivity contribution is -0.142. The van der Waals surface area contributed by atoms with Crippen molar-refractivity contribution in [1.82, 2.24) is 15.3 Å². The van der Waals surface area contributed by atoms with Crippen molar-refractivity contribution in [3.63, 3.8) is 0 Å². The van der Waals surface area contributed by atoms with Gasteiger partial charge in [-0.15, -0.1) is 0 Å². The second kappa shape index (κ2) is 6.27. The fourth-order valence-electron chi connectivity index (χ4n) is 1.35. The van der Waals surface area contributed by atoms with E-state index < -0.39 is 18.1 Å². The minimum Gasteiger partial charge on any atom is -0.480 e. The third-order valence-electron chi connectivity index (χ3n) is 2.35. The first-order valence-electron chi connectivity index (χ1n) is 5.48. The van der Waals surface area contributed by atoms with Gasteiger partial charge in [0.25, 0.3) is 0 Å². The highest BCUT2D eigenvalue weighted by Crippen LogP contribution is 1.99. The van der Waals surface area contributed by atoms with Crippen LogP contribution >= 0.6 is 0 Å². The SMILES string of the molecule is CCc1ncc(CNC(C(=O)O)C(C)O)cn1. The molecule has 0 saturated carbocycles. The molecule has 94 valence electrons. The first-order chi connectivity index (χ1) is 8.04. The summed E-state index contributed by atoms with van der Waals surface area (Å²) in [5.41, 5.74) is 0.786. The zero-order valence-electron chi connectivity index (χ0n) is 9.92. The Bertz CT molecular complexity index is 365. The van der Waals surface area contributed by atoms with E-state index in [1.165, 1.54) is 6.92 Å². The summed E-state index contributed by atoms with van der Waals surface area (Å²) in [5, 5.41) is 20.9. The number of hydrogen-bond donors (Lipinski definition) is 3. The van der Waals surface area contributed by atoms with Gasteiger partial charge in [0.15, 0.2) is 0 Å². The molecule has 1 aromatic heterocycles. The van der Waals surface area contributed by atoms with Crippen molar-refractivity contribution in [2.45, 2.75) is 39.0 Å². The Labute approximate surface area is 99.7 Å². The van der Waals surface area contributed by atoms with E-state index in [1.54, 1.807) is 12.4 Å². The molecule has 2 unspecified atom stereocenters. The fraction of sp³-hybridized carbons (Fsp3) is 0.545. The van der Waals surface area contributed by atoms with Crippen molar-refractivity contribution in [3.8, 4) is 0 Å². The molecule has 3 N–H and O–H groups in total. The van der Waals surface area contributed by atoms with Crippen molar-refractivity contribution >= 4 is 5.97 Å². The summed E-state index contributed by atoms with van der Waals surface area (Å²) in [6.45, 7) is 3.70. The molecule has 0 aliphatic heterocycles. The number of carbonyl (C=O) groups is 1. The molecule has 0 fully saturated rings. The van der Waals surface area contributed by atoms with Crippen LogP contribution in [0.25, 0.3) is 0 Å². The fourth-order valence-corrected chi connectivity index (χ4v) is 1.35. The molecule has 0 aliphatic carbocycles. The Morgan fingerprint density at radius 1 is 1.47 bits per heavy atom. The van der Waals surface area contributed by atoms with Crippen molar-refractivity contribution in [2.24, 2.45) is 0 Å². The topological polar surface area (TPSA) is 95.3 Å². The van der Waals surface area contributed by atoms with Crippen LogP contribution in [-0.4, -0.2) is 38.3 Å². The molecule has 1 rings (SSSR count). The maximum absolute atomic E-state index is 10.8. The molecule has 0 aromatic carbocycles. The number of aromatic nitrogens is 2. The predicted octanol–water partition coefficient (Wildman–Crippen LogP) is -0.0374. The van der Waals surface area contributed by atoms with E-state index in [0.717, 1.165) is 17.8 Å². The smallest absolute Gasteiger partial charge is 0.323 e. The van der Waals surface area contributed by atoms with Gasteiger partial charge in [-0.05, 0) is 6.92 Å². The number of aliphatic hydroxyl groups is 1. The second-order valence-electron chi connectivity index (χ2n) is 3.80. The van der Waals surface area contributed by atoms with Crippen LogP contribution in [0.15, 0.2) is 12.4 Å². The third kappa shape index (κ3) is 4.08. The number of aryl methyl sites for hydroxylation is 1.